The van der Waals surface area contributed by atoms with Crippen molar-refractivity contribution in [1.29, 1.82) is 0 Å². The molecule has 0 bridgehead atoms. The maximum Gasteiger partial charge on any atom is 0.301 e. The molecule has 3 aromatic carbocycles. The number of methoxy groups -OCH3 is 3. The zero-order valence-corrected chi connectivity index (χ0v) is 25.1. The predicted octanol–water partition coefficient (Wildman–Crippen LogP) is 5.67. The third-order valence-corrected chi connectivity index (χ3v) is 8.50. The first-order chi connectivity index (χ1) is 20.8. The minimum atomic E-state index is -1.05. The van der Waals surface area contributed by atoms with Gasteiger partial charge in [-0.2, -0.15) is 0 Å². The lowest BCUT2D eigenvalue weighted by Gasteiger charge is -2.24. The molecular formula is C32H30N2O8S. The van der Waals surface area contributed by atoms with Crippen LogP contribution < -0.4 is 28.6 Å². The third kappa shape index (κ3) is 4.79. The Labute approximate surface area is 252 Å². The minimum Gasteiger partial charge on any atom is -0.507 e. The standard InChI is InChI=1S/C32H30N2O8S/c1-6-41-20-8-9-21-25(15-20)43-32(33-21)34-27(19-13-23(38-3)30(40-5)24(14-19)39-4)26(29(36)31(34)37)28(35)17-7-10-22-18(12-17)11-16(2)42-22/h7-10,12-16,27,35H,6,11H2,1-5H3/t16-,27+/m0/s1. The number of thiazole rings is 1. The number of anilines is 1. The Balaban J connectivity index is 1.56. The Kier molecular flexibility index (Phi) is 7.35. The van der Waals surface area contributed by atoms with Crippen LogP contribution in [0.1, 0.15) is 36.6 Å². The fourth-order valence-electron chi connectivity index (χ4n) is 5.58. The highest BCUT2D eigenvalue weighted by Crippen LogP contribution is 2.48. The van der Waals surface area contributed by atoms with Gasteiger partial charge in [-0.3, -0.25) is 14.5 Å². The quantitative estimate of drug-likeness (QED) is 0.155. The topological polar surface area (TPSA) is 117 Å². The van der Waals surface area contributed by atoms with Gasteiger partial charge in [0.05, 0.1) is 49.8 Å². The Hall–Kier alpha value is -4.77. The number of nitrogens with zero attached hydrogens (tertiary/aromatic N) is 2. The summed E-state index contributed by atoms with van der Waals surface area (Å²) in [6.45, 7) is 4.36. The zero-order valence-electron chi connectivity index (χ0n) is 24.3. The smallest absolute Gasteiger partial charge is 0.301 e. The Morgan fingerprint density at radius 2 is 1.79 bits per heavy atom. The zero-order chi connectivity index (χ0) is 30.4. The van der Waals surface area contributed by atoms with E-state index >= 15 is 0 Å². The molecule has 3 heterocycles. The molecule has 2 aliphatic heterocycles. The molecule has 0 aliphatic carbocycles. The summed E-state index contributed by atoms with van der Waals surface area (Å²) in [6, 6.07) is 13.0. The fraction of sp³-hybridized carbons (Fsp3) is 0.281. The van der Waals surface area contributed by atoms with E-state index in [2.05, 4.69) is 0 Å². The van der Waals surface area contributed by atoms with Crippen molar-refractivity contribution in [2.45, 2.75) is 32.4 Å². The number of benzene rings is 3. The molecule has 1 saturated heterocycles. The van der Waals surface area contributed by atoms with Gasteiger partial charge in [0, 0.05) is 12.0 Å². The normalized spacial score (nSPS) is 19.0. The van der Waals surface area contributed by atoms with E-state index in [0.29, 0.717) is 57.8 Å². The average molecular weight is 603 g/mol. The number of rotatable bonds is 8. The molecule has 1 aromatic heterocycles. The van der Waals surface area contributed by atoms with Crippen LogP contribution in [-0.2, 0) is 16.0 Å². The lowest BCUT2D eigenvalue weighted by atomic mass is 9.94. The molecule has 2 atom stereocenters. The van der Waals surface area contributed by atoms with Crippen LogP contribution in [-0.4, -0.2) is 55.8 Å². The van der Waals surface area contributed by atoms with Gasteiger partial charge in [0.1, 0.15) is 23.4 Å². The number of aliphatic hydroxyl groups is 1. The largest absolute Gasteiger partial charge is 0.507 e. The first-order valence-electron chi connectivity index (χ1n) is 13.7. The van der Waals surface area contributed by atoms with Gasteiger partial charge < -0.3 is 28.8 Å². The highest BCUT2D eigenvalue weighted by molar-refractivity contribution is 7.22. The van der Waals surface area contributed by atoms with Crippen LogP contribution in [0.2, 0.25) is 0 Å². The van der Waals surface area contributed by atoms with Crippen LogP contribution in [0.15, 0.2) is 54.1 Å². The first kappa shape index (κ1) is 28.4. The number of ether oxygens (including phenoxy) is 5. The summed E-state index contributed by atoms with van der Waals surface area (Å²) in [7, 11) is 4.45. The van der Waals surface area contributed by atoms with Crippen molar-refractivity contribution in [3.05, 3.63) is 70.8 Å². The maximum absolute atomic E-state index is 13.8. The second-order valence-corrected chi connectivity index (χ2v) is 11.2. The molecule has 1 amide bonds. The number of ketones is 1. The average Bonchev–Trinajstić information content (AvgIpc) is 3.67. The SMILES string of the molecule is CCOc1ccc2nc(N3C(=O)C(=O)C(=C(O)c4ccc5c(c4)C[C@H](C)O5)[C@H]3c3cc(OC)c(OC)c(OC)c3)sc2c1. The molecule has 11 heteroatoms. The predicted molar refractivity (Wildman–Crippen MR) is 162 cm³/mol. The van der Waals surface area contributed by atoms with Gasteiger partial charge in [-0.15, -0.1) is 0 Å². The van der Waals surface area contributed by atoms with Crippen LogP contribution in [0.4, 0.5) is 5.13 Å². The molecule has 0 unspecified atom stereocenters. The monoisotopic (exact) mass is 602 g/mol. The highest BCUT2D eigenvalue weighted by atomic mass is 32.1. The van der Waals surface area contributed by atoms with Gasteiger partial charge in [-0.05, 0) is 73.5 Å². The van der Waals surface area contributed by atoms with Gasteiger partial charge in [0.25, 0.3) is 5.78 Å². The first-order valence-corrected chi connectivity index (χ1v) is 14.5. The maximum atomic E-state index is 13.8. The molecule has 0 radical (unpaired) electrons. The van der Waals surface area contributed by atoms with Gasteiger partial charge in [0.15, 0.2) is 16.6 Å². The Bertz CT molecular complexity index is 1770. The van der Waals surface area contributed by atoms with Gasteiger partial charge in [-0.25, -0.2) is 4.98 Å². The molecule has 1 N–H and O–H groups in total. The van der Waals surface area contributed by atoms with Crippen molar-refractivity contribution in [3.8, 4) is 28.7 Å². The molecule has 0 spiro atoms. The molecule has 6 rings (SSSR count). The van der Waals surface area contributed by atoms with Crippen LogP contribution in [0.5, 0.6) is 28.7 Å². The molecule has 1 fully saturated rings. The van der Waals surface area contributed by atoms with Crippen molar-refractivity contribution in [2.24, 2.45) is 0 Å². The molecule has 0 saturated carbocycles. The highest BCUT2D eigenvalue weighted by Gasteiger charge is 2.49. The van der Waals surface area contributed by atoms with Gasteiger partial charge in [0.2, 0.25) is 5.75 Å². The Morgan fingerprint density at radius 3 is 2.47 bits per heavy atom. The summed E-state index contributed by atoms with van der Waals surface area (Å²) in [5, 5.41) is 12.0. The lowest BCUT2D eigenvalue weighted by molar-refractivity contribution is -0.132. The summed E-state index contributed by atoms with van der Waals surface area (Å²) in [6.07, 6.45) is 0.663. The number of hydrogen-bond donors (Lipinski definition) is 1. The van der Waals surface area contributed by atoms with Gasteiger partial charge >= 0.3 is 5.91 Å². The summed E-state index contributed by atoms with van der Waals surface area (Å²) in [5.74, 6) is 0.449. The van der Waals surface area contributed by atoms with E-state index < -0.39 is 17.7 Å². The molecule has 10 nitrogen and oxygen atoms in total. The van der Waals surface area contributed by atoms with Crippen molar-refractivity contribution in [1.82, 2.24) is 4.98 Å². The summed E-state index contributed by atoms with van der Waals surface area (Å²) >= 11 is 1.25. The molecule has 4 aromatic rings. The van der Waals surface area contributed by atoms with Crippen LogP contribution in [0.3, 0.4) is 0 Å². The molecule has 43 heavy (non-hydrogen) atoms. The minimum absolute atomic E-state index is 0.000479. The molecular weight excluding hydrogens is 572 g/mol. The van der Waals surface area contributed by atoms with Crippen molar-refractivity contribution in [2.75, 3.05) is 32.8 Å². The molecule has 2 aliphatic rings. The number of carbonyl (C=O) groups excluding carboxylic acids is 2. The van der Waals surface area contributed by atoms with Gasteiger partial charge in [-0.1, -0.05) is 11.3 Å². The van der Waals surface area contributed by atoms with Crippen LogP contribution in [0.25, 0.3) is 16.0 Å². The van der Waals surface area contributed by atoms with Crippen LogP contribution >= 0.6 is 11.3 Å². The fourth-order valence-corrected chi connectivity index (χ4v) is 6.60. The second kappa shape index (κ2) is 11.1. The number of fused-ring (bicyclic) bond motifs is 2. The number of aliphatic hydroxyl groups excluding tert-OH is 1. The number of aromatic nitrogens is 1. The Morgan fingerprint density at radius 1 is 1.05 bits per heavy atom. The molecule has 222 valence electrons. The van der Waals surface area contributed by atoms with E-state index in [-0.39, 0.29) is 17.4 Å². The van der Waals surface area contributed by atoms with Crippen molar-refractivity contribution >= 4 is 44.1 Å². The number of hydrogen-bond acceptors (Lipinski definition) is 10. The van der Waals surface area contributed by atoms with E-state index in [0.717, 1.165) is 16.0 Å². The van der Waals surface area contributed by atoms with Crippen LogP contribution in [0, 0.1) is 0 Å². The summed E-state index contributed by atoms with van der Waals surface area (Å²) < 4.78 is 28.9. The van der Waals surface area contributed by atoms with Crippen molar-refractivity contribution < 1.29 is 38.4 Å². The van der Waals surface area contributed by atoms with Crippen molar-refractivity contribution in [3.63, 3.8) is 0 Å². The number of Topliss-reactive ketones (excluding diaryl/α,β-unsaturated/α-hetero) is 1. The number of carbonyl (C=O) groups is 2. The summed E-state index contributed by atoms with van der Waals surface area (Å²) in [4.78, 5) is 33.6. The van der Waals surface area contributed by atoms with E-state index in [4.69, 9.17) is 28.7 Å². The second-order valence-electron chi connectivity index (χ2n) is 10.1. The van der Waals surface area contributed by atoms with E-state index in [1.54, 1.807) is 42.5 Å². The third-order valence-electron chi connectivity index (χ3n) is 7.48. The van der Waals surface area contributed by atoms with E-state index in [1.165, 1.54) is 37.6 Å². The lowest BCUT2D eigenvalue weighted by Crippen LogP contribution is -2.29. The van der Waals surface area contributed by atoms with E-state index in [9.17, 15) is 14.7 Å². The number of amides is 1. The van der Waals surface area contributed by atoms with E-state index in [1.807, 2.05) is 19.9 Å². The summed E-state index contributed by atoms with van der Waals surface area (Å²) in [5.41, 5.74) is 2.33.